The highest BCUT2D eigenvalue weighted by Gasteiger charge is 2.25. The number of urea groups is 1. The number of benzene rings is 1. The van der Waals surface area contributed by atoms with Crippen molar-refractivity contribution in [1.29, 1.82) is 5.26 Å². The first-order chi connectivity index (χ1) is 11.7. The first-order valence-corrected chi connectivity index (χ1v) is 8.33. The predicted molar refractivity (Wildman–Crippen MR) is 90.2 cm³/mol. The van der Waals surface area contributed by atoms with Crippen molar-refractivity contribution in [1.82, 2.24) is 10.2 Å². The van der Waals surface area contributed by atoms with Gasteiger partial charge in [-0.3, -0.25) is 0 Å². The molecular weight excluding hydrogens is 307 g/mol. The van der Waals surface area contributed by atoms with Crippen LogP contribution < -0.4 is 10.2 Å². The van der Waals surface area contributed by atoms with Gasteiger partial charge >= 0.3 is 6.03 Å². The van der Waals surface area contributed by atoms with Crippen molar-refractivity contribution >= 4 is 11.7 Å². The molecule has 1 saturated heterocycles. The highest BCUT2D eigenvalue weighted by molar-refractivity contribution is 5.75. The van der Waals surface area contributed by atoms with Crippen LogP contribution in [0.5, 0.6) is 0 Å². The molecule has 6 heteroatoms. The van der Waals surface area contributed by atoms with Gasteiger partial charge in [0.1, 0.15) is 17.4 Å². The van der Waals surface area contributed by atoms with E-state index in [0.717, 1.165) is 19.3 Å². The van der Waals surface area contributed by atoms with Gasteiger partial charge in [0.05, 0.1) is 5.69 Å². The zero-order valence-electron chi connectivity index (χ0n) is 13.5. The normalized spacial score (nSPS) is 20.6. The van der Waals surface area contributed by atoms with Crippen molar-refractivity contribution in [3.8, 4) is 6.07 Å². The highest BCUT2D eigenvalue weighted by Crippen LogP contribution is 2.23. The average molecular weight is 328 g/mol. The van der Waals surface area contributed by atoms with Crippen LogP contribution in [-0.4, -0.2) is 43.2 Å². The second-order valence-corrected chi connectivity index (χ2v) is 6.15. The third-order valence-electron chi connectivity index (χ3n) is 4.61. The number of nitriles is 1. The van der Waals surface area contributed by atoms with Crippen LogP contribution in [0.25, 0.3) is 0 Å². The quantitative estimate of drug-likeness (QED) is 0.849. The Labute approximate surface area is 141 Å². The van der Waals surface area contributed by atoms with Gasteiger partial charge in [0.15, 0.2) is 0 Å². The molecule has 1 heterocycles. The molecule has 0 saturated carbocycles. The fraction of sp³-hybridized carbons (Fsp3) is 0.444. The number of nitrogens with one attached hydrogen (secondary N) is 1. The Morgan fingerprint density at radius 3 is 2.71 bits per heavy atom. The summed E-state index contributed by atoms with van der Waals surface area (Å²) in [5.74, 6) is -0.500. The van der Waals surface area contributed by atoms with Gasteiger partial charge in [-0.2, -0.15) is 5.26 Å². The van der Waals surface area contributed by atoms with E-state index in [1.165, 1.54) is 6.07 Å². The number of allylic oxidation sites excluding steroid dienone is 1. The van der Waals surface area contributed by atoms with Crippen LogP contribution in [0.4, 0.5) is 14.9 Å². The van der Waals surface area contributed by atoms with Crippen LogP contribution in [-0.2, 0) is 0 Å². The van der Waals surface area contributed by atoms with E-state index >= 15 is 0 Å². The lowest BCUT2D eigenvalue weighted by atomic mass is 10.0. The largest absolute Gasteiger partial charge is 0.367 e. The molecule has 1 aromatic carbocycles. The fourth-order valence-corrected chi connectivity index (χ4v) is 3.23. The number of amides is 2. The number of anilines is 1. The standard InChI is InChI=1S/C18H21FN4O/c19-16-7-4-8-17(15(16)13-20)22-9-11-23(12-10-22)18(24)21-14-5-2-1-3-6-14/h1-2,4,7-8,14H,3,5-6,9-12H2,(H,21,24). The van der Waals surface area contributed by atoms with Crippen LogP contribution in [0.15, 0.2) is 30.4 Å². The Hall–Kier alpha value is -2.55. The maximum atomic E-state index is 13.7. The van der Waals surface area contributed by atoms with Gasteiger partial charge < -0.3 is 15.1 Å². The van der Waals surface area contributed by atoms with E-state index in [2.05, 4.69) is 17.5 Å². The van der Waals surface area contributed by atoms with Crippen LogP contribution in [0.3, 0.4) is 0 Å². The number of carbonyl (C=O) groups is 1. The van der Waals surface area contributed by atoms with E-state index < -0.39 is 5.82 Å². The Balaban J connectivity index is 1.58. The molecule has 0 radical (unpaired) electrons. The molecule has 1 unspecified atom stereocenters. The van der Waals surface area contributed by atoms with Crippen molar-refractivity contribution in [3.05, 3.63) is 41.7 Å². The van der Waals surface area contributed by atoms with Gasteiger partial charge in [0.25, 0.3) is 0 Å². The second-order valence-electron chi connectivity index (χ2n) is 6.15. The Bertz CT molecular complexity index is 674. The van der Waals surface area contributed by atoms with Gasteiger partial charge in [0.2, 0.25) is 0 Å². The lowest BCUT2D eigenvalue weighted by Crippen LogP contribution is -2.53. The SMILES string of the molecule is N#Cc1c(F)cccc1N1CCN(C(=O)NC2CC=CCC2)CC1. The molecular formula is C18H21FN4O. The number of nitrogens with zero attached hydrogens (tertiary/aromatic N) is 3. The lowest BCUT2D eigenvalue weighted by molar-refractivity contribution is 0.189. The number of halogens is 1. The lowest BCUT2D eigenvalue weighted by Gasteiger charge is -2.37. The molecule has 1 atom stereocenters. The minimum absolute atomic E-state index is 0.0327. The summed E-state index contributed by atoms with van der Waals surface area (Å²) in [5, 5.41) is 12.2. The van der Waals surface area contributed by atoms with Crippen LogP contribution in [0.1, 0.15) is 24.8 Å². The van der Waals surface area contributed by atoms with E-state index in [-0.39, 0.29) is 17.6 Å². The summed E-state index contributed by atoms with van der Waals surface area (Å²) in [5.41, 5.74) is 0.680. The molecule has 1 aromatic rings. The maximum Gasteiger partial charge on any atom is 0.317 e. The van der Waals surface area contributed by atoms with E-state index in [9.17, 15) is 9.18 Å². The zero-order valence-corrected chi connectivity index (χ0v) is 13.5. The Morgan fingerprint density at radius 1 is 1.25 bits per heavy atom. The monoisotopic (exact) mass is 328 g/mol. The van der Waals surface area contributed by atoms with Crippen LogP contribution in [0.2, 0.25) is 0 Å². The second kappa shape index (κ2) is 7.35. The van der Waals surface area contributed by atoms with E-state index in [4.69, 9.17) is 5.26 Å². The molecule has 1 fully saturated rings. The molecule has 1 aliphatic heterocycles. The third-order valence-corrected chi connectivity index (χ3v) is 4.61. The molecule has 126 valence electrons. The number of hydrogen-bond donors (Lipinski definition) is 1. The average Bonchev–Trinajstić information content (AvgIpc) is 2.62. The molecule has 2 amide bonds. The molecule has 0 aromatic heterocycles. The fourth-order valence-electron chi connectivity index (χ4n) is 3.23. The molecule has 0 spiro atoms. The molecule has 1 N–H and O–H groups in total. The summed E-state index contributed by atoms with van der Waals surface area (Å²) < 4.78 is 13.7. The maximum absolute atomic E-state index is 13.7. The van der Waals surface area contributed by atoms with Crippen LogP contribution >= 0.6 is 0 Å². The molecule has 24 heavy (non-hydrogen) atoms. The summed E-state index contributed by atoms with van der Waals surface area (Å²) in [6.45, 7) is 2.32. The van der Waals surface area contributed by atoms with Gasteiger partial charge in [-0.1, -0.05) is 18.2 Å². The molecule has 2 aliphatic rings. The van der Waals surface area contributed by atoms with Gasteiger partial charge in [-0.05, 0) is 31.4 Å². The van der Waals surface area contributed by atoms with E-state index in [1.54, 1.807) is 17.0 Å². The first kappa shape index (κ1) is 16.3. The molecule has 1 aliphatic carbocycles. The molecule has 3 rings (SSSR count). The van der Waals surface area contributed by atoms with Gasteiger partial charge in [-0.15, -0.1) is 0 Å². The summed E-state index contributed by atoms with van der Waals surface area (Å²) in [7, 11) is 0. The zero-order chi connectivity index (χ0) is 16.9. The van der Waals surface area contributed by atoms with Crippen molar-refractivity contribution < 1.29 is 9.18 Å². The molecule has 0 bridgehead atoms. The number of rotatable bonds is 2. The van der Waals surface area contributed by atoms with Crippen molar-refractivity contribution in [2.45, 2.75) is 25.3 Å². The number of hydrogen-bond acceptors (Lipinski definition) is 3. The summed E-state index contributed by atoms with van der Waals surface area (Å²) in [6.07, 6.45) is 7.14. The minimum Gasteiger partial charge on any atom is -0.367 e. The summed E-state index contributed by atoms with van der Waals surface area (Å²) in [4.78, 5) is 16.1. The Morgan fingerprint density at radius 2 is 2.04 bits per heavy atom. The topological polar surface area (TPSA) is 59.4 Å². The van der Waals surface area contributed by atoms with Crippen LogP contribution in [0, 0.1) is 17.1 Å². The smallest absolute Gasteiger partial charge is 0.317 e. The van der Waals surface area contributed by atoms with Crippen molar-refractivity contribution in [2.24, 2.45) is 0 Å². The predicted octanol–water partition coefficient (Wildman–Crippen LogP) is 2.64. The first-order valence-electron chi connectivity index (χ1n) is 8.33. The minimum atomic E-state index is -0.500. The Kier molecular flexibility index (Phi) is 4.99. The summed E-state index contributed by atoms with van der Waals surface area (Å²) >= 11 is 0. The number of piperazine rings is 1. The van der Waals surface area contributed by atoms with E-state index in [1.807, 2.05) is 11.0 Å². The highest BCUT2D eigenvalue weighted by atomic mass is 19.1. The van der Waals surface area contributed by atoms with Crippen molar-refractivity contribution in [2.75, 3.05) is 31.1 Å². The third kappa shape index (κ3) is 3.51. The summed E-state index contributed by atoms with van der Waals surface area (Å²) in [6, 6.07) is 6.78. The van der Waals surface area contributed by atoms with Gasteiger partial charge in [0, 0.05) is 32.2 Å². The van der Waals surface area contributed by atoms with E-state index in [0.29, 0.717) is 31.9 Å². The van der Waals surface area contributed by atoms with Gasteiger partial charge in [-0.25, -0.2) is 9.18 Å². The molecule has 5 nitrogen and oxygen atoms in total. The number of carbonyl (C=O) groups excluding carboxylic acids is 1. The van der Waals surface area contributed by atoms with Crippen molar-refractivity contribution in [3.63, 3.8) is 0 Å².